The van der Waals surface area contributed by atoms with Crippen LogP contribution in [0.25, 0.3) is 0 Å². The van der Waals surface area contributed by atoms with E-state index in [1.807, 2.05) is 0 Å². The molecular weight excluding hydrogens is 196 g/mol. The second-order valence-electron chi connectivity index (χ2n) is 3.02. The van der Waals surface area contributed by atoms with E-state index in [0.29, 0.717) is 12.0 Å². The first-order valence-electron chi connectivity index (χ1n) is 3.90. The molecule has 0 aromatic heterocycles. The molecule has 4 heteroatoms. The van der Waals surface area contributed by atoms with Gasteiger partial charge in [0.05, 0.1) is 0 Å². The molecule has 0 heterocycles. The lowest BCUT2D eigenvalue weighted by molar-refractivity contribution is 0.565. The largest absolute Gasteiger partial charge is 0.328 e. The lowest BCUT2D eigenvalue weighted by Crippen LogP contribution is -2.18. The first-order valence-corrected chi connectivity index (χ1v) is 4.28. The van der Waals surface area contributed by atoms with Gasteiger partial charge in [0.1, 0.15) is 16.7 Å². The molecule has 0 aliphatic carbocycles. The van der Waals surface area contributed by atoms with Gasteiger partial charge in [0.2, 0.25) is 0 Å². The van der Waals surface area contributed by atoms with E-state index < -0.39 is 16.7 Å². The van der Waals surface area contributed by atoms with Crippen LogP contribution in [0.3, 0.4) is 0 Å². The number of hydrogen-bond acceptors (Lipinski definition) is 1. The number of hydrogen-bond donors (Lipinski definition) is 1. The molecule has 1 atom stereocenters. The Morgan fingerprint density at radius 1 is 1.46 bits per heavy atom. The van der Waals surface area contributed by atoms with Gasteiger partial charge in [-0.2, -0.15) is 0 Å². The van der Waals surface area contributed by atoms with Gasteiger partial charge in [-0.1, -0.05) is 17.7 Å². The van der Waals surface area contributed by atoms with Crippen LogP contribution in [0, 0.1) is 11.6 Å². The summed E-state index contributed by atoms with van der Waals surface area (Å²) in [6, 6.07) is 2.33. The van der Waals surface area contributed by atoms with Gasteiger partial charge in [-0.05, 0) is 25.0 Å². The molecule has 2 N–H and O–H groups in total. The molecule has 0 unspecified atom stereocenters. The van der Waals surface area contributed by atoms with Crippen LogP contribution in [0.1, 0.15) is 12.5 Å². The quantitative estimate of drug-likeness (QED) is 0.738. The summed E-state index contributed by atoms with van der Waals surface area (Å²) in [7, 11) is 0. The van der Waals surface area contributed by atoms with Gasteiger partial charge in [-0.3, -0.25) is 0 Å². The number of rotatable bonds is 2. The van der Waals surface area contributed by atoms with E-state index in [1.54, 1.807) is 6.92 Å². The Balaban J connectivity index is 3.04. The topological polar surface area (TPSA) is 26.0 Å². The molecule has 72 valence electrons. The molecule has 0 saturated carbocycles. The van der Waals surface area contributed by atoms with E-state index in [9.17, 15) is 8.78 Å². The standard InChI is InChI=1S/C9H10ClF2N/c1-5(13)4-6-2-3-7(11)8(10)9(6)12/h2-3,5H,4,13H2,1H3/t5-/m1/s1. The SMILES string of the molecule is C[C@@H](N)Cc1ccc(F)c(Cl)c1F. The minimum absolute atomic E-state index is 0.170. The van der Waals surface area contributed by atoms with Gasteiger partial charge in [-0.15, -0.1) is 0 Å². The van der Waals surface area contributed by atoms with Gasteiger partial charge in [0, 0.05) is 6.04 Å². The van der Waals surface area contributed by atoms with E-state index in [4.69, 9.17) is 17.3 Å². The van der Waals surface area contributed by atoms with Crippen molar-refractivity contribution in [3.8, 4) is 0 Å². The van der Waals surface area contributed by atoms with Crippen LogP contribution in [0.2, 0.25) is 5.02 Å². The summed E-state index contributed by atoms with van der Waals surface area (Å²) in [5.41, 5.74) is 5.83. The van der Waals surface area contributed by atoms with E-state index in [1.165, 1.54) is 6.07 Å². The highest BCUT2D eigenvalue weighted by Gasteiger charge is 2.12. The van der Waals surface area contributed by atoms with Crippen molar-refractivity contribution in [1.82, 2.24) is 0 Å². The number of benzene rings is 1. The summed E-state index contributed by atoms with van der Waals surface area (Å²) in [4.78, 5) is 0. The molecule has 0 spiro atoms. The van der Waals surface area contributed by atoms with Crippen molar-refractivity contribution >= 4 is 11.6 Å². The van der Waals surface area contributed by atoms with Crippen LogP contribution in [0.5, 0.6) is 0 Å². The predicted octanol–water partition coefficient (Wildman–Crippen LogP) is 2.51. The van der Waals surface area contributed by atoms with Crippen molar-refractivity contribution in [3.05, 3.63) is 34.4 Å². The van der Waals surface area contributed by atoms with Crippen LogP contribution < -0.4 is 5.73 Å². The smallest absolute Gasteiger partial charge is 0.148 e. The molecular formula is C9H10ClF2N. The van der Waals surface area contributed by atoms with E-state index in [2.05, 4.69) is 0 Å². The summed E-state index contributed by atoms with van der Waals surface area (Å²) in [5, 5.41) is -0.460. The molecule has 0 bridgehead atoms. The van der Waals surface area contributed by atoms with Gasteiger partial charge in [0.15, 0.2) is 0 Å². The third kappa shape index (κ3) is 2.39. The summed E-state index contributed by atoms with van der Waals surface area (Å²) < 4.78 is 25.9. The highest BCUT2D eigenvalue weighted by Crippen LogP contribution is 2.22. The summed E-state index contributed by atoms with van der Waals surface area (Å²) in [5.74, 6) is -1.45. The van der Waals surface area contributed by atoms with Crippen molar-refractivity contribution in [3.63, 3.8) is 0 Å². The van der Waals surface area contributed by atoms with E-state index in [-0.39, 0.29) is 6.04 Å². The average molecular weight is 206 g/mol. The summed E-state index contributed by atoms with van der Waals surface area (Å²) in [6.45, 7) is 1.75. The zero-order valence-corrected chi connectivity index (χ0v) is 7.91. The third-order valence-electron chi connectivity index (χ3n) is 1.66. The number of nitrogens with two attached hydrogens (primary N) is 1. The van der Waals surface area contributed by atoms with Crippen molar-refractivity contribution < 1.29 is 8.78 Å². The van der Waals surface area contributed by atoms with Gasteiger partial charge in [0.25, 0.3) is 0 Å². The van der Waals surface area contributed by atoms with Crippen molar-refractivity contribution in [2.45, 2.75) is 19.4 Å². The zero-order valence-electron chi connectivity index (χ0n) is 7.15. The molecule has 1 rings (SSSR count). The normalized spacial score (nSPS) is 13.0. The minimum Gasteiger partial charge on any atom is -0.328 e. The Kier molecular flexibility index (Phi) is 3.22. The Hall–Kier alpha value is -0.670. The summed E-state index contributed by atoms with van der Waals surface area (Å²) in [6.07, 6.45) is 0.353. The monoisotopic (exact) mass is 205 g/mol. The molecule has 0 fully saturated rings. The van der Waals surface area contributed by atoms with E-state index >= 15 is 0 Å². The first-order chi connectivity index (χ1) is 6.02. The Labute approximate surface area is 80.5 Å². The molecule has 13 heavy (non-hydrogen) atoms. The Morgan fingerprint density at radius 3 is 2.62 bits per heavy atom. The highest BCUT2D eigenvalue weighted by atomic mass is 35.5. The first kappa shape index (κ1) is 10.4. The molecule has 0 aliphatic heterocycles. The van der Waals surface area contributed by atoms with Crippen LogP contribution >= 0.6 is 11.6 Å². The van der Waals surface area contributed by atoms with Crippen molar-refractivity contribution in [2.75, 3.05) is 0 Å². The molecule has 0 saturated heterocycles. The minimum atomic E-state index is -0.743. The lowest BCUT2D eigenvalue weighted by Gasteiger charge is -2.07. The predicted molar refractivity (Wildman–Crippen MR) is 48.7 cm³/mol. The third-order valence-corrected chi connectivity index (χ3v) is 2.00. The van der Waals surface area contributed by atoms with Gasteiger partial charge >= 0.3 is 0 Å². The van der Waals surface area contributed by atoms with Crippen LogP contribution in [0.4, 0.5) is 8.78 Å². The zero-order chi connectivity index (χ0) is 10.0. The van der Waals surface area contributed by atoms with Gasteiger partial charge in [-0.25, -0.2) is 8.78 Å². The van der Waals surface area contributed by atoms with Crippen LogP contribution in [-0.4, -0.2) is 6.04 Å². The lowest BCUT2D eigenvalue weighted by atomic mass is 10.1. The van der Waals surface area contributed by atoms with E-state index in [0.717, 1.165) is 6.07 Å². The highest BCUT2D eigenvalue weighted by molar-refractivity contribution is 6.30. The maximum atomic E-state index is 13.2. The average Bonchev–Trinajstić information content (AvgIpc) is 2.06. The second-order valence-corrected chi connectivity index (χ2v) is 3.39. The van der Waals surface area contributed by atoms with Crippen LogP contribution in [0.15, 0.2) is 12.1 Å². The molecule has 0 radical (unpaired) electrons. The Morgan fingerprint density at radius 2 is 2.08 bits per heavy atom. The fourth-order valence-electron chi connectivity index (χ4n) is 1.07. The van der Waals surface area contributed by atoms with Crippen molar-refractivity contribution in [1.29, 1.82) is 0 Å². The molecule has 1 aromatic rings. The fraction of sp³-hybridized carbons (Fsp3) is 0.333. The molecule has 1 nitrogen and oxygen atoms in total. The molecule has 1 aromatic carbocycles. The maximum absolute atomic E-state index is 13.2. The Bertz CT molecular complexity index is 313. The van der Waals surface area contributed by atoms with Crippen molar-refractivity contribution in [2.24, 2.45) is 5.73 Å². The number of halogens is 3. The molecule has 0 amide bonds. The van der Waals surface area contributed by atoms with Crippen LogP contribution in [-0.2, 0) is 6.42 Å². The summed E-state index contributed by atoms with van der Waals surface area (Å²) >= 11 is 5.38. The molecule has 0 aliphatic rings. The fourth-order valence-corrected chi connectivity index (χ4v) is 1.25. The maximum Gasteiger partial charge on any atom is 0.148 e. The van der Waals surface area contributed by atoms with Gasteiger partial charge < -0.3 is 5.73 Å². The second kappa shape index (κ2) is 4.03.